The van der Waals surface area contributed by atoms with Crippen molar-refractivity contribution in [3.05, 3.63) is 89.5 Å². The number of benzene rings is 3. The Bertz CT molecular complexity index is 1250. The lowest BCUT2D eigenvalue weighted by Gasteiger charge is -2.33. The van der Waals surface area contributed by atoms with E-state index in [4.69, 9.17) is 14.7 Å². The van der Waals surface area contributed by atoms with Crippen LogP contribution in [-0.4, -0.2) is 39.8 Å². The molecule has 1 amide bonds. The maximum absolute atomic E-state index is 12.7. The van der Waals surface area contributed by atoms with Crippen LogP contribution in [0.15, 0.2) is 72.8 Å². The highest BCUT2D eigenvalue weighted by Gasteiger charge is 2.29. The minimum Gasteiger partial charge on any atom is -0.755 e. The van der Waals surface area contributed by atoms with E-state index in [1.165, 1.54) is 12.1 Å². The number of esters is 1. The van der Waals surface area contributed by atoms with Crippen LogP contribution in [-0.2, 0) is 20.8 Å². The minimum absolute atomic E-state index is 0.0528. The summed E-state index contributed by atoms with van der Waals surface area (Å²) in [4.78, 5) is 25.4. The molecule has 3 rings (SSSR count). The summed E-state index contributed by atoms with van der Waals surface area (Å²) in [6.07, 6.45) is 0. The smallest absolute Gasteiger partial charge is 0.331 e. The van der Waals surface area contributed by atoms with Crippen LogP contribution < -0.4 is 14.4 Å². The SMILES string of the molecule is CCOC(=O)C(CNC(=O)c1ccc(Oc2ccc(C#N)cc2)cc1)N(c1ccc(C)cc1)S(=O)[O-]. The topological polar surface area (TPSA) is 132 Å². The third-order valence-corrected chi connectivity index (χ3v) is 5.87. The van der Waals surface area contributed by atoms with Gasteiger partial charge in [0.15, 0.2) is 6.04 Å². The molecule has 36 heavy (non-hydrogen) atoms. The van der Waals surface area contributed by atoms with Crippen molar-refractivity contribution in [3.63, 3.8) is 0 Å². The van der Waals surface area contributed by atoms with E-state index in [2.05, 4.69) is 5.32 Å². The molecule has 0 aliphatic carbocycles. The molecule has 10 heteroatoms. The molecule has 0 aliphatic heterocycles. The Labute approximate surface area is 211 Å². The molecule has 2 unspecified atom stereocenters. The molecule has 3 aromatic rings. The van der Waals surface area contributed by atoms with Crippen molar-refractivity contribution < 1.29 is 27.8 Å². The monoisotopic (exact) mass is 506 g/mol. The lowest BCUT2D eigenvalue weighted by Crippen LogP contribution is -2.50. The van der Waals surface area contributed by atoms with Crippen molar-refractivity contribution in [2.75, 3.05) is 17.5 Å². The molecule has 0 aliphatic rings. The van der Waals surface area contributed by atoms with Crippen molar-refractivity contribution in [1.29, 1.82) is 5.26 Å². The fourth-order valence-electron chi connectivity index (χ4n) is 3.26. The molecule has 0 saturated carbocycles. The van der Waals surface area contributed by atoms with E-state index < -0.39 is 29.2 Å². The number of rotatable bonds is 10. The Morgan fingerprint density at radius 2 is 1.61 bits per heavy atom. The number of carbonyl (C=O) groups excluding carboxylic acids is 2. The Morgan fingerprint density at radius 1 is 1.03 bits per heavy atom. The molecule has 0 bridgehead atoms. The van der Waals surface area contributed by atoms with E-state index in [0.29, 0.717) is 17.1 Å². The highest BCUT2D eigenvalue weighted by atomic mass is 32.2. The van der Waals surface area contributed by atoms with Gasteiger partial charge in [-0.05, 0) is 74.5 Å². The summed E-state index contributed by atoms with van der Waals surface area (Å²) in [7, 11) is 0. The van der Waals surface area contributed by atoms with E-state index >= 15 is 0 Å². The predicted molar refractivity (Wildman–Crippen MR) is 133 cm³/mol. The second kappa shape index (κ2) is 12.5. The molecular weight excluding hydrogens is 482 g/mol. The first kappa shape index (κ1) is 26.4. The van der Waals surface area contributed by atoms with Gasteiger partial charge in [-0.15, -0.1) is 0 Å². The number of anilines is 1. The highest BCUT2D eigenvalue weighted by molar-refractivity contribution is 7.80. The van der Waals surface area contributed by atoms with E-state index in [1.54, 1.807) is 67.6 Å². The van der Waals surface area contributed by atoms with Gasteiger partial charge in [-0.2, -0.15) is 5.26 Å². The molecule has 3 aromatic carbocycles. The van der Waals surface area contributed by atoms with E-state index in [0.717, 1.165) is 9.87 Å². The Balaban J connectivity index is 1.71. The first-order valence-corrected chi connectivity index (χ1v) is 12.0. The van der Waals surface area contributed by atoms with Gasteiger partial charge in [0, 0.05) is 22.5 Å². The molecule has 0 radical (unpaired) electrons. The standard InChI is InChI=1S/C26H25N3O6S/c1-3-34-26(31)24(29(36(32)33)21-10-4-18(2)5-11-21)17-28-25(30)20-8-14-23(15-9-20)35-22-12-6-19(16-27)7-13-22/h4-15,24H,3,17H2,1-2H3,(H,28,30)(H,32,33)/p-1. The van der Waals surface area contributed by atoms with Crippen molar-refractivity contribution in [2.45, 2.75) is 19.9 Å². The second-order valence-electron chi connectivity index (χ2n) is 7.62. The van der Waals surface area contributed by atoms with Crippen molar-refractivity contribution in [3.8, 4) is 17.6 Å². The normalized spacial score (nSPS) is 12.1. The third-order valence-electron chi connectivity index (χ3n) is 5.08. The lowest BCUT2D eigenvalue weighted by atomic mass is 10.2. The van der Waals surface area contributed by atoms with Gasteiger partial charge in [-0.1, -0.05) is 17.7 Å². The number of amides is 1. The van der Waals surface area contributed by atoms with Crippen LogP contribution in [0.3, 0.4) is 0 Å². The number of nitriles is 1. The fourth-order valence-corrected chi connectivity index (χ4v) is 3.92. The summed E-state index contributed by atoms with van der Waals surface area (Å²) in [6, 6.07) is 20.2. The van der Waals surface area contributed by atoms with Gasteiger partial charge >= 0.3 is 5.97 Å². The first-order valence-electron chi connectivity index (χ1n) is 11.0. The van der Waals surface area contributed by atoms with Crippen molar-refractivity contribution in [1.82, 2.24) is 5.32 Å². The Hall–Kier alpha value is -4.20. The summed E-state index contributed by atoms with van der Waals surface area (Å²) in [5.41, 5.74) is 1.99. The zero-order valence-electron chi connectivity index (χ0n) is 19.7. The van der Waals surface area contributed by atoms with Crippen LogP contribution in [0.4, 0.5) is 5.69 Å². The zero-order chi connectivity index (χ0) is 26.1. The number of ether oxygens (including phenoxy) is 2. The van der Waals surface area contributed by atoms with Crippen LogP contribution >= 0.6 is 0 Å². The maximum Gasteiger partial charge on any atom is 0.331 e. The molecule has 0 heterocycles. The van der Waals surface area contributed by atoms with E-state index in [9.17, 15) is 18.4 Å². The molecule has 0 aromatic heterocycles. The van der Waals surface area contributed by atoms with Gasteiger partial charge in [0.25, 0.3) is 5.91 Å². The number of nitrogens with one attached hydrogen (secondary N) is 1. The van der Waals surface area contributed by atoms with Gasteiger partial charge in [0.05, 0.1) is 24.8 Å². The summed E-state index contributed by atoms with van der Waals surface area (Å²) in [5.74, 6) is -0.276. The molecular formula is C26H24N3O6S-. The Morgan fingerprint density at radius 3 is 2.14 bits per heavy atom. The minimum atomic E-state index is -2.80. The largest absolute Gasteiger partial charge is 0.755 e. The Kier molecular flexibility index (Phi) is 9.16. The van der Waals surface area contributed by atoms with E-state index in [1.807, 2.05) is 13.0 Å². The quantitative estimate of drug-likeness (QED) is 0.328. The summed E-state index contributed by atoms with van der Waals surface area (Å²) < 4.78 is 35.8. The number of hydrogen-bond donors (Lipinski definition) is 1. The molecule has 9 nitrogen and oxygen atoms in total. The van der Waals surface area contributed by atoms with Gasteiger partial charge in [0.2, 0.25) is 0 Å². The third kappa shape index (κ3) is 6.91. The van der Waals surface area contributed by atoms with Crippen LogP contribution in [0.5, 0.6) is 11.5 Å². The molecule has 0 fully saturated rings. The van der Waals surface area contributed by atoms with Gasteiger partial charge in [-0.25, -0.2) is 4.79 Å². The van der Waals surface area contributed by atoms with Crippen molar-refractivity contribution in [2.24, 2.45) is 0 Å². The number of aryl methyl sites for hydroxylation is 1. The summed E-state index contributed by atoms with van der Waals surface area (Å²) >= 11 is -2.80. The predicted octanol–water partition coefficient (Wildman–Crippen LogP) is 3.62. The fraction of sp³-hybridized carbons (Fsp3) is 0.192. The van der Waals surface area contributed by atoms with Crippen LogP contribution in [0.1, 0.15) is 28.4 Å². The highest BCUT2D eigenvalue weighted by Crippen LogP contribution is 2.23. The summed E-state index contributed by atoms with van der Waals surface area (Å²) in [6.45, 7) is 3.21. The molecule has 186 valence electrons. The summed E-state index contributed by atoms with van der Waals surface area (Å²) in [5, 5.41) is 11.5. The molecule has 2 atom stereocenters. The average Bonchev–Trinajstić information content (AvgIpc) is 2.88. The molecule has 0 spiro atoms. The average molecular weight is 507 g/mol. The lowest BCUT2D eigenvalue weighted by molar-refractivity contribution is -0.144. The molecule has 0 saturated heterocycles. The zero-order valence-corrected chi connectivity index (χ0v) is 20.5. The molecule has 1 N–H and O–H groups in total. The second-order valence-corrected chi connectivity index (χ2v) is 8.45. The number of nitrogens with zero attached hydrogens (tertiary/aromatic N) is 2. The maximum atomic E-state index is 12.7. The number of carbonyl (C=O) groups is 2. The van der Waals surface area contributed by atoms with Crippen LogP contribution in [0, 0.1) is 18.3 Å². The van der Waals surface area contributed by atoms with Crippen molar-refractivity contribution >= 4 is 28.8 Å². The van der Waals surface area contributed by atoms with Crippen LogP contribution in [0.2, 0.25) is 0 Å². The number of hydrogen-bond acceptors (Lipinski definition) is 7. The van der Waals surface area contributed by atoms with Gasteiger partial charge < -0.3 is 19.3 Å². The first-order chi connectivity index (χ1) is 17.3. The van der Waals surface area contributed by atoms with Crippen LogP contribution in [0.25, 0.3) is 0 Å². The van der Waals surface area contributed by atoms with E-state index in [-0.39, 0.29) is 24.4 Å². The van der Waals surface area contributed by atoms with Gasteiger partial charge in [0.1, 0.15) is 11.5 Å². The van der Waals surface area contributed by atoms with Gasteiger partial charge in [-0.3, -0.25) is 13.3 Å².